The zero-order valence-corrected chi connectivity index (χ0v) is 19.3. The van der Waals surface area contributed by atoms with Gasteiger partial charge in [-0.15, -0.1) is 11.3 Å². The second kappa shape index (κ2) is 8.68. The summed E-state index contributed by atoms with van der Waals surface area (Å²) in [5.41, 5.74) is 2.47. The van der Waals surface area contributed by atoms with E-state index in [1.54, 1.807) is 43.3 Å². The summed E-state index contributed by atoms with van der Waals surface area (Å²) in [6.45, 7) is 5.05. The molecular formula is C24H20ClN3O3S. The van der Waals surface area contributed by atoms with Gasteiger partial charge in [0.25, 0.3) is 5.56 Å². The molecule has 2 aromatic heterocycles. The summed E-state index contributed by atoms with van der Waals surface area (Å²) >= 11 is 7.47. The molecule has 1 N–H and O–H groups in total. The molecule has 1 atom stereocenters. The van der Waals surface area contributed by atoms with E-state index in [1.807, 2.05) is 19.1 Å². The average Bonchev–Trinajstić information content (AvgIpc) is 3.10. The third kappa shape index (κ3) is 4.09. The van der Waals surface area contributed by atoms with Crippen LogP contribution in [0.4, 0.5) is 5.69 Å². The van der Waals surface area contributed by atoms with E-state index in [9.17, 15) is 14.4 Å². The normalized spacial score (nSPS) is 12.0. The van der Waals surface area contributed by atoms with Crippen molar-refractivity contribution in [3.8, 4) is 11.1 Å². The van der Waals surface area contributed by atoms with Crippen LogP contribution in [-0.2, 0) is 4.79 Å². The van der Waals surface area contributed by atoms with Crippen molar-refractivity contribution < 1.29 is 9.59 Å². The Morgan fingerprint density at radius 1 is 1.09 bits per heavy atom. The highest BCUT2D eigenvalue weighted by atomic mass is 35.5. The van der Waals surface area contributed by atoms with Crippen molar-refractivity contribution in [1.29, 1.82) is 0 Å². The first-order chi connectivity index (χ1) is 15.3. The number of fused-ring (bicyclic) bond motifs is 1. The number of nitrogens with zero attached hydrogens (tertiary/aromatic N) is 2. The smallest absolute Gasteiger partial charge is 0.263 e. The Bertz CT molecular complexity index is 1390. The van der Waals surface area contributed by atoms with Gasteiger partial charge in [-0.2, -0.15) is 0 Å². The quantitative estimate of drug-likeness (QED) is 0.395. The maximum Gasteiger partial charge on any atom is 0.263 e. The van der Waals surface area contributed by atoms with Gasteiger partial charge in [0.15, 0.2) is 5.78 Å². The lowest BCUT2D eigenvalue weighted by molar-refractivity contribution is -0.114. The van der Waals surface area contributed by atoms with Crippen LogP contribution in [0.25, 0.3) is 21.3 Å². The van der Waals surface area contributed by atoms with Crippen LogP contribution in [0.2, 0.25) is 5.02 Å². The number of benzene rings is 2. The summed E-state index contributed by atoms with van der Waals surface area (Å²) in [6.07, 6.45) is 1.43. The molecule has 0 aliphatic carbocycles. The van der Waals surface area contributed by atoms with E-state index in [-0.39, 0.29) is 17.2 Å². The molecule has 6 nitrogen and oxygen atoms in total. The summed E-state index contributed by atoms with van der Waals surface area (Å²) in [5, 5.41) is 3.78. The molecule has 0 spiro atoms. The van der Waals surface area contributed by atoms with Gasteiger partial charge in [0, 0.05) is 33.6 Å². The number of rotatable bonds is 5. The molecule has 0 fully saturated rings. The molecule has 2 aromatic carbocycles. The fourth-order valence-electron chi connectivity index (χ4n) is 3.64. The highest BCUT2D eigenvalue weighted by Gasteiger charge is 2.22. The Morgan fingerprint density at radius 2 is 1.75 bits per heavy atom. The molecule has 0 aliphatic rings. The van der Waals surface area contributed by atoms with Crippen molar-refractivity contribution >= 4 is 50.5 Å². The summed E-state index contributed by atoms with van der Waals surface area (Å²) in [5.74, 6) is -0.409. The van der Waals surface area contributed by atoms with Gasteiger partial charge in [0.1, 0.15) is 4.83 Å². The maximum atomic E-state index is 13.5. The summed E-state index contributed by atoms with van der Waals surface area (Å²) in [7, 11) is 0. The molecule has 32 heavy (non-hydrogen) atoms. The highest BCUT2D eigenvalue weighted by molar-refractivity contribution is 7.19. The number of aryl methyl sites for hydroxylation is 1. The summed E-state index contributed by atoms with van der Waals surface area (Å²) < 4.78 is 1.37. The van der Waals surface area contributed by atoms with Gasteiger partial charge in [-0.3, -0.25) is 19.0 Å². The Labute approximate surface area is 193 Å². The Hall–Kier alpha value is -3.29. The van der Waals surface area contributed by atoms with Crippen LogP contribution in [0.5, 0.6) is 0 Å². The average molecular weight is 466 g/mol. The lowest BCUT2D eigenvalue weighted by Gasteiger charge is -2.14. The number of carbonyl (C=O) groups excluding carboxylic acids is 2. The second-order valence-electron chi connectivity index (χ2n) is 7.48. The van der Waals surface area contributed by atoms with Gasteiger partial charge in [-0.05, 0) is 55.8 Å². The minimum Gasteiger partial charge on any atom is -0.326 e. The molecule has 0 radical (unpaired) electrons. The molecule has 0 bridgehead atoms. The Kier molecular flexibility index (Phi) is 5.95. The van der Waals surface area contributed by atoms with E-state index in [2.05, 4.69) is 10.3 Å². The first-order valence-corrected chi connectivity index (χ1v) is 11.1. The first kappa shape index (κ1) is 21.9. The van der Waals surface area contributed by atoms with E-state index in [0.717, 1.165) is 16.0 Å². The molecule has 4 rings (SSSR count). The predicted molar refractivity (Wildman–Crippen MR) is 129 cm³/mol. The van der Waals surface area contributed by atoms with Crippen LogP contribution >= 0.6 is 22.9 Å². The number of hydrogen-bond acceptors (Lipinski definition) is 5. The fourth-order valence-corrected chi connectivity index (χ4v) is 4.77. The first-order valence-electron chi connectivity index (χ1n) is 9.94. The molecule has 2 heterocycles. The zero-order valence-electron chi connectivity index (χ0n) is 17.7. The topological polar surface area (TPSA) is 81.1 Å². The number of nitrogens with one attached hydrogen (secondary N) is 1. The highest BCUT2D eigenvalue weighted by Crippen LogP contribution is 2.36. The predicted octanol–water partition coefficient (Wildman–Crippen LogP) is 5.49. The Balaban J connectivity index is 1.74. The van der Waals surface area contributed by atoms with Gasteiger partial charge >= 0.3 is 0 Å². The van der Waals surface area contributed by atoms with Crippen molar-refractivity contribution in [3.63, 3.8) is 0 Å². The number of ketones is 1. The van der Waals surface area contributed by atoms with Crippen molar-refractivity contribution in [3.05, 3.63) is 80.7 Å². The van der Waals surface area contributed by atoms with Crippen LogP contribution in [0.3, 0.4) is 0 Å². The van der Waals surface area contributed by atoms with E-state index in [1.165, 1.54) is 29.2 Å². The van der Waals surface area contributed by atoms with Gasteiger partial charge < -0.3 is 5.32 Å². The summed E-state index contributed by atoms with van der Waals surface area (Å²) in [6, 6.07) is 13.2. The zero-order chi connectivity index (χ0) is 23.0. The number of amides is 1. The molecule has 8 heteroatoms. The van der Waals surface area contributed by atoms with Crippen LogP contribution in [0.1, 0.15) is 35.1 Å². The molecule has 0 saturated carbocycles. The van der Waals surface area contributed by atoms with E-state index >= 15 is 0 Å². The van der Waals surface area contributed by atoms with Crippen molar-refractivity contribution in [1.82, 2.24) is 9.55 Å². The molecule has 162 valence electrons. The molecule has 1 unspecified atom stereocenters. The number of anilines is 1. The molecule has 1 amide bonds. The van der Waals surface area contributed by atoms with E-state index in [4.69, 9.17) is 11.6 Å². The van der Waals surface area contributed by atoms with E-state index < -0.39 is 6.04 Å². The number of Topliss-reactive ketones (excluding diaryl/α,β-unsaturated/α-hetero) is 1. The summed E-state index contributed by atoms with van der Waals surface area (Å²) in [4.78, 5) is 43.8. The van der Waals surface area contributed by atoms with Crippen molar-refractivity contribution in [2.45, 2.75) is 26.8 Å². The van der Waals surface area contributed by atoms with Gasteiger partial charge in [-0.25, -0.2) is 4.98 Å². The number of thiophene rings is 1. The lowest BCUT2D eigenvalue weighted by Crippen LogP contribution is -2.28. The van der Waals surface area contributed by atoms with Crippen LogP contribution in [0.15, 0.2) is 59.7 Å². The minimum absolute atomic E-state index is 0.189. The Morgan fingerprint density at radius 3 is 2.38 bits per heavy atom. The largest absolute Gasteiger partial charge is 0.326 e. The fraction of sp³-hybridized carbons (Fsp3) is 0.167. The number of carbonyl (C=O) groups is 2. The second-order valence-corrected chi connectivity index (χ2v) is 9.12. The van der Waals surface area contributed by atoms with Gasteiger partial charge in [0.2, 0.25) is 5.91 Å². The standard InChI is InChI=1S/C24H20ClN3O3S/c1-13(22(30)17-6-10-19(11-7-17)27-15(3)29)28-12-26-23-21(24(28)31)20(14(2)32-23)16-4-8-18(25)9-5-16/h4-13H,1-3H3,(H,27,29). The molecule has 0 saturated heterocycles. The number of aromatic nitrogens is 2. The van der Waals surface area contributed by atoms with Crippen molar-refractivity contribution in [2.24, 2.45) is 0 Å². The number of halogens is 1. The third-order valence-corrected chi connectivity index (χ3v) is 6.50. The van der Waals surface area contributed by atoms with Crippen LogP contribution < -0.4 is 10.9 Å². The van der Waals surface area contributed by atoms with Crippen LogP contribution in [0, 0.1) is 6.92 Å². The molecule has 0 aliphatic heterocycles. The van der Waals surface area contributed by atoms with Gasteiger partial charge in [0.05, 0.1) is 17.8 Å². The lowest BCUT2D eigenvalue weighted by atomic mass is 10.0. The third-order valence-electron chi connectivity index (χ3n) is 5.23. The maximum absolute atomic E-state index is 13.5. The SMILES string of the molecule is CC(=O)Nc1ccc(C(=O)C(C)n2cnc3sc(C)c(-c4ccc(Cl)cc4)c3c2=O)cc1. The minimum atomic E-state index is -0.746. The van der Waals surface area contributed by atoms with Crippen molar-refractivity contribution in [2.75, 3.05) is 5.32 Å². The molecule has 4 aromatic rings. The molecular weight excluding hydrogens is 446 g/mol. The van der Waals surface area contributed by atoms with Gasteiger partial charge in [-0.1, -0.05) is 23.7 Å². The van der Waals surface area contributed by atoms with E-state index in [0.29, 0.717) is 26.5 Å². The monoisotopic (exact) mass is 465 g/mol. The van der Waals surface area contributed by atoms with Crippen LogP contribution in [-0.4, -0.2) is 21.2 Å². The number of hydrogen-bond donors (Lipinski definition) is 1.